The quantitative estimate of drug-likeness (QED) is 0.926. The molecular weight excluding hydrogens is 270 g/mol. The topological polar surface area (TPSA) is 49.0 Å². The molecule has 0 radical (unpaired) electrons. The first kappa shape index (κ1) is 11.6. The van der Waals surface area contributed by atoms with Gasteiger partial charge in [0.25, 0.3) is 5.56 Å². The lowest BCUT2D eigenvalue weighted by molar-refractivity contribution is 0.544. The van der Waals surface area contributed by atoms with E-state index < -0.39 is 0 Å². The fourth-order valence-electron chi connectivity index (χ4n) is 2.31. The first-order valence-corrected chi connectivity index (χ1v) is 6.42. The summed E-state index contributed by atoms with van der Waals surface area (Å²) in [4.78, 5) is 20.2. The lowest BCUT2D eigenvalue weighted by atomic mass is 10.1. The van der Waals surface area contributed by atoms with E-state index in [4.69, 9.17) is 0 Å². The van der Waals surface area contributed by atoms with Crippen LogP contribution in [0.25, 0.3) is 0 Å². The molecule has 4 nitrogen and oxygen atoms in total. The zero-order valence-electron chi connectivity index (χ0n) is 9.37. The summed E-state index contributed by atoms with van der Waals surface area (Å²) >= 11 is 3.28. The number of aromatic amines is 1. The van der Waals surface area contributed by atoms with Crippen molar-refractivity contribution < 1.29 is 0 Å². The van der Waals surface area contributed by atoms with Gasteiger partial charge < -0.3 is 9.88 Å². The molecule has 0 bridgehead atoms. The van der Waals surface area contributed by atoms with E-state index in [0.717, 1.165) is 18.3 Å². The molecule has 0 amide bonds. The molecule has 1 fully saturated rings. The Morgan fingerprint density at radius 1 is 1.56 bits per heavy atom. The third kappa shape index (κ3) is 2.45. The van der Waals surface area contributed by atoms with Gasteiger partial charge in [-0.05, 0) is 34.7 Å². The number of rotatable bonds is 3. The van der Waals surface area contributed by atoms with Crippen LogP contribution in [0.5, 0.6) is 0 Å². The molecule has 1 aliphatic carbocycles. The number of aromatic nitrogens is 2. The maximum atomic E-state index is 11.4. The number of hydrogen-bond donors (Lipinski definition) is 1. The summed E-state index contributed by atoms with van der Waals surface area (Å²) < 4.78 is 0.524. The molecule has 2 rings (SSSR count). The van der Waals surface area contributed by atoms with Crippen LogP contribution in [0.4, 0.5) is 5.82 Å². The highest BCUT2D eigenvalue weighted by Gasteiger charge is 2.19. The molecular formula is C11H16BrN3O. The Hall–Kier alpha value is -0.840. The van der Waals surface area contributed by atoms with Crippen LogP contribution in [0.1, 0.15) is 25.7 Å². The van der Waals surface area contributed by atoms with Crippen LogP contribution in [0.15, 0.2) is 15.6 Å². The summed E-state index contributed by atoms with van der Waals surface area (Å²) in [5.41, 5.74) is -0.122. The maximum Gasteiger partial charge on any atom is 0.267 e. The summed E-state index contributed by atoms with van der Waals surface area (Å²) in [5.74, 6) is 1.48. The van der Waals surface area contributed by atoms with Gasteiger partial charge >= 0.3 is 0 Å². The first-order chi connectivity index (χ1) is 7.68. The van der Waals surface area contributed by atoms with Crippen molar-refractivity contribution in [3.05, 3.63) is 21.2 Å². The molecule has 0 aromatic carbocycles. The van der Waals surface area contributed by atoms with E-state index >= 15 is 0 Å². The monoisotopic (exact) mass is 285 g/mol. The Morgan fingerprint density at radius 3 is 2.94 bits per heavy atom. The highest BCUT2D eigenvalue weighted by Crippen LogP contribution is 2.27. The van der Waals surface area contributed by atoms with E-state index in [0.29, 0.717) is 4.47 Å². The van der Waals surface area contributed by atoms with E-state index in [1.54, 1.807) is 0 Å². The van der Waals surface area contributed by atoms with Crippen molar-refractivity contribution in [2.45, 2.75) is 25.7 Å². The van der Waals surface area contributed by atoms with Gasteiger partial charge in [-0.15, -0.1) is 0 Å². The van der Waals surface area contributed by atoms with Crippen LogP contribution in [0.2, 0.25) is 0 Å². The number of anilines is 1. The van der Waals surface area contributed by atoms with Crippen molar-refractivity contribution in [2.24, 2.45) is 5.92 Å². The largest absolute Gasteiger partial charge is 0.358 e. The number of hydrogen-bond acceptors (Lipinski definition) is 3. The van der Waals surface area contributed by atoms with E-state index in [1.165, 1.54) is 32.0 Å². The van der Waals surface area contributed by atoms with Crippen LogP contribution in [-0.2, 0) is 0 Å². The third-order valence-electron chi connectivity index (χ3n) is 3.15. The Labute approximate surface area is 103 Å². The van der Waals surface area contributed by atoms with Crippen molar-refractivity contribution in [3.63, 3.8) is 0 Å². The molecule has 1 saturated carbocycles. The minimum Gasteiger partial charge on any atom is -0.358 e. The Kier molecular flexibility index (Phi) is 3.63. The highest BCUT2D eigenvalue weighted by molar-refractivity contribution is 9.10. The van der Waals surface area contributed by atoms with Gasteiger partial charge in [0.05, 0.1) is 6.33 Å². The second-order valence-corrected chi connectivity index (χ2v) is 5.19. The van der Waals surface area contributed by atoms with Crippen LogP contribution < -0.4 is 10.5 Å². The average molecular weight is 286 g/mol. The van der Waals surface area contributed by atoms with Crippen LogP contribution in [0.3, 0.4) is 0 Å². The number of nitrogens with zero attached hydrogens (tertiary/aromatic N) is 2. The minimum absolute atomic E-state index is 0.122. The van der Waals surface area contributed by atoms with E-state index in [9.17, 15) is 4.79 Å². The lowest BCUT2D eigenvalue weighted by Gasteiger charge is -2.22. The molecule has 1 heterocycles. The van der Waals surface area contributed by atoms with Gasteiger partial charge in [-0.2, -0.15) is 0 Å². The van der Waals surface area contributed by atoms with Crippen LogP contribution in [0, 0.1) is 5.92 Å². The van der Waals surface area contributed by atoms with Crippen LogP contribution in [-0.4, -0.2) is 23.6 Å². The Bertz CT molecular complexity index is 412. The third-order valence-corrected chi connectivity index (χ3v) is 3.86. The molecule has 1 aromatic rings. The number of halogens is 1. The van der Waals surface area contributed by atoms with Gasteiger partial charge in [0.15, 0.2) is 0 Å². The van der Waals surface area contributed by atoms with Crippen molar-refractivity contribution in [3.8, 4) is 0 Å². The van der Waals surface area contributed by atoms with E-state index in [-0.39, 0.29) is 5.56 Å². The van der Waals surface area contributed by atoms with E-state index in [2.05, 4.69) is 30.8 Å². The second-order valence-electron chi connectivity index (χ2n) is 4.40. The summed E-state index contributed by atoms with van der Waals surface area (Å²) in [7, 11) is 1.99. The van der Waals surface area contributed by atoms with Gasteiger partial charge in [0.2, 0.25) is 0 Å². The first-order valence-electron chi connectivity index (χ1n) is 5.63. The van der Waals surface area contributed by atoms with Crippen molar-refractivity contribution in [2.75, 3.05) is 18.5 Å². The summed E-state index contributed by atoms with van der Waals surface area (Å²) in [6, 6.07) is 0. The Morgan fingerprint density at radius 2 is 2.25 bits per heavy atom. The molecule has 0 atom stereocenters. The molecule has 0 aliphatic heterocycles. The van der Waals surface area contributed by atoms with E-state index in [1.807, 2.05) is 7.05 Å². The zero-order valence-corrected chi connectivity index (χ0v) is 11.0. The Balaban J connectivity index is 2.10. The second kappa shape index (κ2) is 4.99. The predicted molar refractivity (Wildman–Crippen MR) is 67.8 cm³/mol. The van der Waals surface area contributed by atoms with Gasteiger partial charge in [-0.1, -0.05) is 12.8 Å². The van der Waals surface area contributed by atoms with Crippen molar-refractivity contribution >= 4 is 21.7 Å². The molecule has 0 saturated heterocycles. The van der Waals surface area contributed by atoms with Gasteiger partial charge in [-0.25, -0.2) is 4.98 Å². The van der Waals surface area contributed by atoms with Gasteiger partial charge in [0, 0.05) is 13.6 Å². The van der Waals surface area contributed by atoms with Crippen molar-refractivity contribution in [1.29, 1.82) is 0 Å². The molecule has 0 unspecified atom stereocenters. The zero-order chi connectivity index (χ0) is 11.5. The summed E-state index contributed by atoms with van der Waals surface area (Å²) in [6.07, 6.45) is 6.72. The lowest BCUT2D eigenvalue weighted by Crippen LogP contribution is -2.27. The van der Waals surface area contributed by atoms with Crippen molar-refractivity contribution in [1.82, 2.24) is 9.97 Å². The summed E-state index contributed by atoms with van der Waals surface area (Å²) in [6.45, 7) is 0.981. The molecule has 1 aromatic heterocycles. The standard InChI is InChI=1S/C11H16BrN3O/c1-15(6-8-4-2-3-5-8)10-9(12)11(16)14-7-13-10/h7-8H,2-6H2,1H3,(H,13,14,16). The maximum absolute atomic E-state index is 11.4. The highest BCUT2D eigenvalue weighted by atomic mass is 79.9. The summed E-state index contributed by atoms with van der Waals surface area (Å²) in [5, 5.41) is 0. The molecule has 0 spiro atoms. The number of nitrogens with one attached hydrogen (secondary N) is 1. The smallest absolute Gasteiger partial charge is 0.267 e. The molecule has 1 N–H and O–H groups in total. The normalized spacial score (nSPS) is 16.6. The fraction of sp³-hybridized carbons (Fsp3) is 0.636. The van der Waals surface area contributed by atoms with Crippen LogP contribution >= 0.6 is 15.9 Å². The van der Waals surface area contributed by atoms with Gasteiger partial charge in [-0.3, -0.25) is 4.79 Å². The molecule has 5 heteroatoms. The minimum atomic E-state index is -0.122. The SMILES string of the molecule is CN(CC1CCCC1)c1nc[nH]c(=O)c1Br. The molecule has 1 aliphatic rings. The molecule has 16 heavy (non-hydrogen) atoms. The number of H-pyrrole nitrogens is 1. The molecule has 88 valence electrons. The predicted octanol–water partition coefficient (Wildman–Crippen LogP) is 2.16. The fourth-order valence-corrected chi connectivity index (χ4v) is 2.83. The van der Waals surface area contributed by atoms with Gasteiger partial charge in [0.1, 0.15) is 10.3 Å². The average Bonchev–Trinajstić information content (AvgIpc) is 2.74.